The van der Waals surface area contributed by atoms with E-state index < -0.39 is 0 Å². The number of amides is 1. The molecule has 0 radical (unpaired) electrons. The van der Waals surface area contributed by atoms with Crippen molar-refractivity contribution in [1.82, 2.24) is 9.97 Å². The van der Waals surface area contributed by atoms with Crippen LogP contribution >= 0.6 is 0 Å². The van der Waals surface area contributed by atoms with Gasteiger partial charge < -0.3 is 15.6 Å². The summed E-state index contributed by atoms with van der Waals surface area (Å²) in [5, 5.41) is 6.18. The number of hydrogen-bond donors (Lipinski definition) is 3. The number of carbonyl (C=O) groups is 1. The number of halogens is 1. The third-order valence-corrected chi connectivity index (χ3v) is 4.56. The Kier molecular flexibility index (Phi) is 3.87. The summed E-state index contributed by atoms with van der Waals surface area (Å²) >= 11 is 0. The summed E-state index contributed by atoms with van der Waals surface area (Å²) in [6, 6.07) is 10.6. The van der Waals surface area contributed by atoms with Gasteiger partial charge in [0, 0.05) is 6.92 Å². The Labute approximate surface area is 144 Å². The van der Waals surface area contributed by atoms with Gasteiger partial charge in [0.15, 0.2) is 0 Å². The van der Waals surface area contributed by atoms with E-state index in [2.05, 4.69) is 20.6 Å². The van der Waals surface area contributed by atoms with Crippen LogP contribution in [-0.4, -0.2) is 15.9 Å². The van der Waals surface area contributed by atoms with Crippen LogP contribution in [0.1, 0.15) is 36.9 Å². The van der Waals surface area contributed by atoms with Crippen LogP contribution < -0.4 is 10.6 Å². The van der Waals surface area contributed by atoms with Gasteiger partial charge in [-0.2, -0.15) is 0 Å². The smallest absolute Gasteiger partial charge is 0.221 e. The van der Waals surface area contributed by atoms with Gasteiger partial charge in [-0.15, -0.1) is 0 Å². The molecule has 0 unspecified atom stereocenters. The molecule has 0 saturated heterocycles. The van der Waals surface area contributed by atoms with E-state index >= 15 is 0 Å². The van der Waals surface area contributed by atoms with E-state index in [9.17, 15) is 9.18 Å². The van der Waals surface area contributed by atoms with Crippen molar-refractivity contribution >= 4 is 28.6 Å². The van der Waals surface area contributed by atoms with E-state index in [-0.39, 0.29) is 17.8 Å². The average Bonchev–Trinajstić information content (AvgIpc) is 2.98. The second-order valence-electron chi connectivity index (χ2n) is 6.40. The van der Waals surface area contributed by atoms with E-state index in [0.29, 0.717) is 17.2 Å². The number of nitrogens with one attached hydrogen (secondary N) is 3. The molecule has 3 N–H and O–H groups in total. The van der Waals surface area contributed by atoms with Gasteiger partial charge in [0.2, 0.25) is 11.9 Å². The summed E-state index contributed by atoms with van der Waals surface area (Å²) in [7, 11) is 0. The molecule has 1 aliphatic rings. The monoisotopic (exact) mass is 338 g/mol. The summed E-state index contributed by atoms with van der Waals surface area (Å²) < 4.78 is 13.7. The molecule has 0 bridgehead atoms. The van der Waals surface area contributed by atoms with Crippen molar-refractivity contribution in [2.24, 2.45) is 0 Å². The lowest BCUT2D eigenvalue weighted by Crippen LogP contribution is -2.18. The zero-order valence-electron chi connectivity index (χ0n) is 13.9. The lowest BCUT2D eigenvalue weighted by Gasteiger charge is -2.26. The lowest BCUT2D eigenvalue weighted by molar-refractivity contribution is -0.114. The predicted molar refractivity (Wildman–Crippen MR) is 96.1 cm³/mol. The number of H-pyrrole nitrogens is 1. The number of aryl methyl sites for hydroxylation is 1. The van der Waals surface area contributed by atoms with Crippen molar-refractivity contribution in [3.05, 3.63) is 53.3 Å². The Balaban J connectivity index is 1.66. The molecule has 5 nitrogen and oxygen atoms in total. The van der Waals surface area contributed by atoms with E-state index in [0.717, 1.165) is 30.3 Å². The van der Waals surface area contributed by atoms with E-state index in [4.69, 9.17) is 0 Å². The number of aromatic amines is 1. The zero-order valence-corrected chi connectivity index (χ0v) is 13.9. The van der Waals surface area contributed by atoms with Crippen LogP contribution in [0.3, 0.4) is 0 Å². The van der Waals surface area contributed by atoms with Gasteiger partial charge in [0.1, 0.15) is 11.3 Å². The van der Waals surface area contributed by atoms with E-state index in [1.54, 1.807) is 6.07 Å². The molecule has 1 atom stereocenters. The highest BCUT2D eigenvalue weighted by molar-refractivity contribution is 5.99. The molecule has 1 aromatic heterocycles. The second-order valence-corrected chi connectivity index (χ2v) is 6.40. The molecule has 0 spiro atoms. The topological polar surface area (TPSA) is 69.8 Å². The van der Waals surface area contributed by atoms with E-state index in [1.165, 1.54) is 18.6 Å². The first kappa shape index (κ1) is 15.6. The Morgan fingerprint density at radius 2 is 2.20 bits per heavy atom. The van der Waals surface area contributed by atoms with Crippen molar-refractivity contribution in [1.29, 1.82) is 0 Å². The molecule has 1 heterocycles. The number of anilines is 2. The molecule has 1 amide bonds. The molecule has 4 rings (SSSR count). The highest BCUT2D eigenvalue weighted by atomic mass is 19.1. The highest BCUT2D eigenvalue weighted by Gasteiger charge is 2.22. The van der Waals surface area contributed by atoms with E-state index in [1.807, 2.05) is 24.3 Å². The number of carbonyl (C=O) groups excluding carboxylic acids is 1. The van der Waals surface area contributed by atoms with Crippen molar-refractivity contribution in [3.8, 4) is 0 Å². The number of rotatable bonds is 3. The number of imidazole rings is 1. The molecular weight excluding hydrogens is 319 g/mol. The van der Waals surface area contributed by atoms with Gasteiger partial charge in [-0.3, -0.25) is 4.79 Å². The standard InChI is InChI=1S/C19H19FN4O/c1-11(25)21-16-6-3-7-17-18(16)24-19(23-17)22-15-5-2-4-12-8-9-13(20)10-14(12)15/h3,6-10,15H,2,4-5H2,1H3,(H,21,25)(H2,22,23,24)/t15-/m0/s1. The van der Waals surface area contributed by atoms with Crippen LogP contribution in [0.15, 0.2) is 36.4 Å². The molecule has 3 aromatic rings. The number of fused-ring (bicyclic) bond motifs is 2. The maximum Gasteiger partial charge on any atom is 0.221 e. The van der Waals surface area contributed by atoms with Crippen LogP contribution in [0.5, 0.6) is 0 Å². The van der Waals surface area contributed by atoms with Crippen molar-refractivity contribution in [2.75, 3.05) is 10.6 Å². The maximum absolute atomic E-state index is 13.7. The molecule has 128 valence electrons. The molecular formula is C19H19FN4O. The van der Waals surface area contributed by atoms with Crippen LogP contribution in [0.25, 0.3) is 11.0 Å². The van der Waals surface area contributed by atoms with Gasteiger partial charge in [0.05, 0.1) is 17.2 Å². The van der Waals surface area contributed by atoms with Gasteiger partial charge in [-0.05, 0) is 54.7 Å². The second kappa shape index (κ2) is 6.20. The van der Waals surface area contributed by atoms with Crippen LogP contribution in [0, 0.1) is 5.82 Å². The fourth-order valence-corrected chi connectivity index (χ4v) is 3.48. The Morgan fingerprint density at radius 1 is 1.32 bits per heavy atom. The molecule has 25 heavy (non-hydrogen) atoms. The minimum Gasteiger partial charge on any atom is -0.349 e. The van der Waals surface area contributed by atoms with Crippen LogP contribution in [-0.2, 0) is 11.2 Å². The Hall–Kier alpha value is -2.89. The molecule has 0 saturated carbocycles. The number of hydrogen-bond acceptors (Lipinski definition) is 3. The molecule has 6 heteroatoms. The first-order valence-corrected chi connectivity index (χ1v) is 8.41. The minimum absolute atomic E-state index is 0.0178. The summed E-state index contributed by atoms with van der Waals surface area (Å²) in [4.78, 5) is 19.2. The van der Waals surface area contributed by atoms with Gasteiger partial charge in [-0.25, -0.2) is 9.37 Å². The molecule has 0 fully saturated rings. The zero-order chi connectivity index (χ0) is 17.4. The van der Waals surface area contributed by atoms with Gasteiger partial charge in [-0.1, -0.05) is 12.1 Å². The summed E-state index contributed by atoms with van der Waals surface area (Å²) in [6.07, 6.45) is 2.94. The van der Waals surface area contributed by atoms with Gasteiger partial charge >= 0.3 is 0 Å². The molecule has 0 aliphatic heterocycles. The Bertz CT molecular complexity index is 950. The lowest BCUT2D eigenvalue weighted by atomic mass is 9.88. The van der Waals surface area contributed by atoms with Gasteiger partial charge in [0.25, 0.3) is 0 Å². The number of aromatic nitrogens is 2. The first-order valence-electron chi connectivity index (χ1n) is 8.41. The van der Waals surface area contributed by atoms with Crippen LogP contribution in [0.2, 0.25) is 0 Å². The van der Waals surface area contributed by atoms with Crippen molar-refractivity contribution in [2.45, 2.75) is 32.2 Å². The third-order valence-electron chi connectivity index (χ3n) is 4.56. The first-order chi connectivity index (χ1) is 12.1. The minimum atomic E-state index is -0.218. The number of benzene rings is 2. The van der Waals surface area contributed by atoms with Crippen molar-refractivity contribution in [3.63, 3.8) is 0 Å². The fourth-order valence-electron chi connectivity index (χ4n) is 3.48. The third kappa shape index (κ3) is 3.07. The normalized spacial score (nSPS) is 16.5. The highest BCUT2D eigenvalue weighted by Crippen LogP contribution is 2.33. The summed E-state index contributed by atoms with van der Waals surface area (Å²) in [5.41, 5.74) is 4.39. The largest absolute Gasteiger partial charge is 0.349 e. The SMILES string of the molecule is CC(=O)Nc1cccc2[nH]c(N[C@H]3CCCc4ccc(F)cc43)nc12. The predicted octanol–water partition coefficient (Wildman–Crippen LogP) is 4.15. The van der Waals surface area contributed by atoms with Crippen molar-refractivity contribution < 1.29 is 9.18 Å². The average molecular weight is 338 g/mol. The summed E-state index contributed by atoms with van der Waals surface area (Å²) in [5.74, 6) is 0.265. The maximum atomic E-state index is 13.7. The fraction of sp³-hybridized carbons (Fsp3) is 0.263. The number of para-hydroxylation sites is 1. The Morgan fingerprint density at radius 3 is 3.04 bits per heavy atom. The van der Waals surface area contributed by atoms with Crippen LogP contribution in [0.4, 0.5) is 16.0 Å². The summed E-state index contributed by atoms with van der Waals surface area (Å²) in [6.45, 7) is 1.47. The molecule has 2 aromatic carbocycles. The number of nitrogens with zero attached hydrogens (tertiary/aromatic N) is 1. The quantitative estimate of drug-likeness (QED) is 0.672. The molecule has 1 aliphatic carbocycles.